The second kappa shape index (κ2) is 7.82. The van der Waals surface area contributed by atoms with Crippen LogP contribution in [0.4, 0.5) is 23.7 Å². The van der Waals surface area contributed by atoms with Crippen molar-refractivity contribution in [2.45, 2.75) is 36.2 Å². The van der Waals surface area contributed by atoms with E-state index in [0.29, 0.717) is 12.1 Å². The molecule has 2 atom stereocenters. The van der Waals surface area contributed by atoms with Crippen molar-refractivity contribution in [3.05, 3.63) is 53.6 Å². The van der Waals surface area contributed by atoms with Crippen LogP contribution >= 0.6 is 11.6 Å². The summed E-state index contributed by atoms with van der Waals surface area (Å²) in [6.07, 6.45) is -4.43. The topological polar surface area (TPSA) is 79.0 Å². The van der Waals surface area contributed by atoms with Crippen molar-refractivity contribution in [1.29, 1.82) is 0 Å². The number of halogens is 4. The average molecular weight is 490 g/mol. The van der Waals surface area contributed by atoms with Crippen LogP contribution < -0.4 is 14.4 Å². The van der Waals surface area contributed by atoms with Crippen LogP contribution in [0.25, 0.3) is 0 Å². The van der Waals surface area contributed by atoms with E-state index in [9.17, 15) is 26.4 Å². The fraction of sp³-hybridized carbons (Fsp3) is 0.350. The van der Waals surface area contributed by atoms with Gasteiger partial charge in [-0.1, -0.05) is 23.7 Å². The number of amides is 2. The lowest BCUT2D eigenvalue weighted by Crippen LogP contribution is -2.40. The van der Waals surface area contributed by atoms with Crippen molar-refractivity contribution in [3.63, 3.8) is 0 Å². The highest BCUT2D eigenvalue weighted by molar-refractivity contribution is 7.89. The van der Waals surface area contributed by atoms with Crippen LogP contribution in [-0.2, 0) is 10.0 Å². The minimum Gasteiger partial charge on any atom is -0.406 e. The molecule has 0 radical (unpaired) electrons. The lowest BCUT2D eigenvalue weighted by molar-refractivity contribution is -0.274. The molecule has 2 aliphatic heterocycles. The lowest BCUT2D eigenvalue weighted by atomic mass is 9.98. The summed E-state index contributed by atoms with van der Waals surface area (Å²) in [5.41, 5.74) is -0.223. The second-order valence-corrected chi connectivity index (χ2v) is 10.1. The summed E-state index contributed by atoms with van der Waals surface area (Å²) < 4.78 is 69.0. The van der Waals surface area contributed by atoms with E-state index in [1.807, 2.05) is 6.92 Å². The molecule has 7 nitrogen and oxygen atoms in total. The van der Waals surface area contributed by atoms with Crippen molar-refractivity contribution in [3.8, 4) is 5.75 Å². The molecule has 2 saturated heterocycles. The van der Waals surface area contributed by atoms with Crippen molar-refractivity contribution in [2.75, 3.05) is 18.0 Å². The first-order valence-electron chi connectivity index (χ1n) is 9.60. The van der Waals surface area contributed by atoms with Crippen molar-refractivity contribution in [1.82, 2.24) is 9.62 Å². The van der Waals surface area contributed by atoms with Crippen LogP contribution in [0.5, 0.6) is 5.75 Å². The van der Waals surface area contributed by atoms with Crippen LogP contribution in [0.1, 0.15) is 13.3 Å². The fourth-order valence-electron chi connectivity index (χ4n) is 4.21. The number of carbonyl (C=O) groups excluding carboxylic acids is 1. The van der Waals surface area contributed by atoms with Gasteiger partial charge in [-0.15, -0.1) is 13.2 Å². The molecule has 2 fully saturated rings. The Morgan fingerprint density at radius 2 is 1.81 bits per heavy atom. The van der Waals surface area contributed by atoms with Gasteiger partial charge in [-0.2, -0.15) is 0 Å². The molecule has 2 amide bonds. The summed E-state index contributed by atoms with van der Waals surface area (Å²) in [6.45, 7) is 2.26. The fourth-order valence-corrected chi connectivity index (χ4v) is 5.96. The molecule has 0 aromatic heterocycles. The molecule has 4 rings (SSSR count). The molecule has 0 spiro atoms. The highest BCUT2D eigenvalue weighted by Crippen LogP contribution is 2.39. The van der Waals surface area contributed by atoms with Gasteiger partial charge in [0, 0.05) is 18.3 Å². The molecule has 2 aliphatic rings. The van der Waals surface area contributed by atoms with E-state index in [2.05, 4.69) is 9.46 Å². The number of benzene rings is 2. The Labute approximate surface area is 187 Å². The van der Waals surface area contributed by atoms with E-state index < -0.39 is 28.0 Å². The zero-order chi connectivity index (χ0) is 23.3. The molecule has 172 valence electrons. The molecule has 0 unspecified atom stereocenters. The summed E-state index contributed by atoms with van der Waals surface area (Å²) in [7, 11) is -3.87. The van der Waals surface area contributed by atoms with Gasteiger partial charge in [-0.3, -0.25) is 4.90 Å². The number of hydrogen-bond donors (Lipinski definition) is 1. The highest BCUT2D eigenvalue weighted by Gasteiger charge is 2.53. The van der Waals surface area contributed by atoms with Gasteiger partial charge in [0.05, 0.1) is 17.1 Å². The largest absolute Gasteiger partial charge is 0.573 e. The molecule has 0 bridgehead atoms. The number of hydrogen-bond acceptors (Lipinski definition) is 4. The third-order valence-corrected chi connectivity index (χ3v) is 7.55. The first-order chi connectivity index (χ1) is 14.9. The Bertz CT molecular complexity index is 1140. The zero-order valence-electron chi connectivity index (χ0n) is 16.8. The Morgan fingerprint density at radius 1 is 1.16 bits per heavy atom. The molecule has 0 saturated carbocycles. The number of nitrogens with one attached hydrogen (secondary N) is 1. The van der Waals surface area contributed by atoms with Gasteiger partial charge in [-0.05, 0) is 49.7 Å². The maximum Gasteiger partial charge on any atom is 0.573 e. The number of urea groups is 1. The highest BCUT2D eigenvalue weighted by atomic mass is 35.5. The predicted molar refractivity (Wildman–Crippen MR) is 111 cm³/mol. The minimum absolute atomic E-state index is 0.0343. The third-order valence-electron chi connectivity index (χ3n) is 5.53. The SMILES string of the molecule is C[C@@]12C[C@@H](NS(=O)(=O)c3ccccc3Cl)CN1C(=O)N(c1ccc(OC(F)(F)F)cc1)C2. The molecule has 1 N–H and O–H groups in total. The predicted octanol–water partition coefficient (Wildman–Crippen LogP) is 3.99. The van der Waals surface area contributed by atoms with E-state index in [0.717, 1.165) is 12.1 Å². The van der Waals surface area contributed by atoms with Crippen LogP contribution in [-0.4, -0.2) is 50.4 Å². The summed E-state index contributed by atoms with van der Waals surface area (Å²) >= 11 is 6.01. The van der Waals surface area contributed by atoms with Gasteiger partial charge in [0.2, 0.25) is 10.0 Å². The molecule has 2 heterocycles. The standard InChI is InChI=1S/C20H19ClF3N3O4S/c1-19-10-13(25-32(29,30)17-5-3-2-4-16(17)21)11-27(19)18(28)26(12-19)14-6-8-15(9-7-14)31-20(22,23)24/h2-9,13,25H,10-12H2,1H3/t13-,19+/m1/s1. The van der Waals surface area contributed by atoms with Gasteiger partial charge in [-0.25, -0.2) is 17.9 Å². The van der Waals surface area contributed by atoms with E-state index in [4.69, 9.17) is 11.6 Å². The van der Waals surface area contributed by atoms with Crippen LogP contribution in [0.3, 0.4) is 0 Å². The normalized spacial score (nSPS) is 23.5. The number of alkyl halides is 3. The van der Waals surface area contributed by atoms with E-state index in [-0.39, 0.29) is 34.8 Å². The number of carbonyl (C=O) groups is 1. The Hall–Kier alpha value is -2.50. The molecule has 12 heteroatoms. The number of ether oxygens (including phenoxy) is 1. The van der Waals surface area contributed by atoms with Crippen molar-refractivity contribution < 1.29 is 31.1 Å². The number of anilines is 1. The van der Waals surface area contributed by atoms with Gasteiger partial charge < -0.3 is 9.64 Å². The molecular weight excluding hydrogens is 471 g/mol. The van der Waals surface area contributed by atoms with E-state index in [1.165, 1.54) is 29.2 Å². The van der Waals surface area contributed by atoms with Gasteiger partial charge in [0.1, 0.15) is 10.6 Å². The van der Waals surface area contributed by atoms with Gasteiger partial charge >= 0.3 is 12.4 Å². The maximum absolute atomic E-state index is 13.0. The number of nitrogens with zero attached hydrogens (tertiary/aromatic N) is 2. The summed E-state index contributed by atoms with van der Waals surface area (Å²) in [5.74, 6) is -0.381. The minimum atomic E-state index is -4.80. The van der Waals surface area contributed by atoms with Crippen LogP contribution in [0, 0.1) is 0 Å². The van der Waals surface area contributed by atoms with E-state index >= 15 is 0 Å². The number of sulfonamides is 1. The molecule has 0 aliphatic carbocycles. The van der Waals surface area contributed by atoms with Crippen molar-refractivity contribution >= 4 is 33.3 Å². The average Bonchev–Trinajstić information content (AvgIpc) is 3.12. The lowest BCUT2D eigenvalue weighted by Gasteiger charge is -2.24. The van der Waals surface area contributed by atoms with Crippen LogP contribution in [0.15, 0.2) is 53.4 Å². The molecular formula is C20H19ClF3N3O4S. The van der Waals surface area contributed by atoms with Crippen LogP contribution in [0.2, 0.25) is 5.02 Å². The summed E-state index contributed by atoms with van der Waals surface area (Å²) in [5, 5.41) is 0.102. The summed E-state index contributed by atoms with van der Waals surface area (Å²) in [4.78, 5) is 16.0. The monoisotopic (exact) mass is 489 g/mol. The Balaban J connectivity index is 1.46. The Morgan fingerprint density at radius 3 is 2.41 bits per heavy atom. The quantitative estimate of drug-likeness (QED) is 0.689. The van der Waals surface area contributed by atoms with Gasteiger partial charge in [0.15, 0.2) is 0 Å². The number of fused-ring (bicyclic) bond motifs is 1. The molecule has 2 aromatic rings. The molecule has 2 aromatic carbocycles. The second-order valence-electron chi connectivity index (χ2n) is 7.97. The third kappa shape index (κ3) is 4.37. The number of rotatable bonds is 5. The zero-order valence-corrected chi connectivity index (χ0v) is 18.3. The smallest absolute Gasteiger partial charge is 0.406 e. The van der Waals surface area contributed by atoms with Crippen molar-refractivity contribution in [2.24, 2.45) is 0 Å². The Kier molecular flexibility index (Phi) is 5.54. The maximum atomic E-state index is 13.0. The van der Waals surface area contributed by atoms with E-state index in [1.54, 1.807) is 17.0 Å². The first kappa shape index (κ1) is 22.7. The molecule has 32 heavy (non-hydrogen) atoms. The van der Waals surface area contributed by atoms with Gasteiger partial charge in [0.25, 0.3) is 0 Å². The first-order valence-corrected chi connectivity index (χ1v) is 11.5. The summed E-state index contributed by atoms with van der Waals surface area (Å²) in [6, 6.07) is 10.3.